The third-order valence-electron chi connectivity index (χ3n) is 5.73. The van der Waals surface area contributed by atoms with Gasteiger partial charge in [-0.05, 0) is 61.7 Å². The molecule has 5 nitrogen and oxygen atoms in total. The van der Waals surface area contributed by atoms with Gasteiger partial charge in [-0.2, -0.15) is 0 Å². The number of benzene rings is 2. The molecular formula is C23H29N3O2. The van der Waals surface area contributed by atoms with Crippen molar-refractivity contribution in [1.29, 1.82) is 0 Å². The van der Waals surface area contributed by atoms with Crippen LogP contribution in [-0.2, 0) is 11.3 Å². The van der Waals surface area contributed by atoms with Crippen LogP contribution in [0.3, 0.4) is 0 Å². The van der Waals surface area contributed by atoms with Crippen molar-refractivity contribution in [1.82, 2.24) is 14.5 Å². The highest BCUT2D eigenvalue weighted by Gasteiger charge is 2.20. The summed E-state index contributed by atoms with van der Waals surface area (Å²) in [5, 5.41) is 0. The first-order valence-electron chi connectivity index (χ1n) is 10.2. The smallest absolute Gasteiger partial charge is 0.118 e. The lowest BCUT2D eigenvalue weighted by Gasteiger charge is -2.32. The van der Waals surface area contributed by atoms with Gasteiger partial charge >= 0.3 is 0 Å². The van der Waals surface area contributed by atoms with Crippen molar-refractivity contribution >= 4 is 11.0 Å². The molecule has 0 saturated carbocycles. The van der Waals surface area contributed by atoms with Gasteiger partial charge in [-0.15, -0.1) is 0 Å². The number of methoxy groups -OCH3 is 1. The molecule has 1 aliphatic heterocycles. The third-order valence-corrected chi connectivity index (χ3v) is 5.73. The molecule has 0 unspecified atom stereocenters. The number of rotatable bonds is 8. The van der Waals surface area contributed by atoms with E-state index in [1.165, 1.54) is 23.9 Å². The molecule has 1 aliphatic rings. The summed E-state index contributed by atoms with van der Waals surface area (Å²) in [6, 6.07) is 16.8. The Hall–Kier alpha value is -2.37. The Kier molecular flexibility index (Phi) is 6.24. The molecule has 0 radical (unpaired) electrons. The number of imidazole rings is 1. The molecule has 0 N–H and O–H groups in total. The van der Waals surface area contributed by atoms with Crippen LogP contribution in [0.25, 0.3) is 11.0 Å². The quantitative estimate of drug-likeness (QED) is 0.556. The first kappa shape index (κ1) is 19.0. The van der Waals surface area contributed by atoms with Crippen molar-refractivity contribution < 1.29 is 9.47 Å². The second-order valence-electron chi connectivity index (χ2n) is 7.43. The number of aromatic nitrogens is 2. The maximum atomic E-state index is 5.89. The van der Waals surface area contributed by atoms with E-state index < -0.39 is 0 Å². The predicted octanol–water partition coefficient (Wildman–Crippen LogP) is 3.94. The molecule has 5 heteroatoms. The number of hydrogen-bond donors (Lipinski definition) is 0. The van der Waals surface area contributed by atoms with Crippen molar-refractivity contribution in [3.05, 3.63) is 60.4 Å². The Morgan fingerprint density at radius 2 is 1.71 bits per heavy atom. The van der Waals surface area contributed by atoms with E-state index in [0.29, 0.717) is 5.92 Å². The lowest BCUT2D eigenvalue weighted by Crippen LogP contribution is -2.35. The fourth-order valence-electron chi connectivity index (χ4n) is 4.01. The Labute approximate surface area is 166 Å². The van der Waals surface area contributed by atoms with Crippen molar-refractivity contribution in [2.45, 2.75) is 25.3 Å². The minimum Gasteiger partial charge on any atom is -0.497 e. The second kappa shape index (κ2) is 9.22. The third kappa shape index (κ3) is 4.54. The molecule has 0 spiro atoms. The number of hydrogen-bond acceptors (Lipinski definition) is 4. The largest absolute Gasteiger partial charge is 0.497 e. The highest BCUT2D eigenvalue weighted by Crippen LogP contribution is 2.29. The molecule has 0 atom stereocenters. The summed E-state index contributed by atoms with van der Waals surface area (Å²) in [5.41, 5.74) is 3.65. The Morgan fingerprint density at radius 1 is 0.964 bits per heavy atom. The zero-order valence-corrected chi connectivity index (χ0v) is 16.6. The molecule has 0 amide bonds. The van der Waals surface area contributed by atoms with Crippen molar-refractivity contribution in [3.8, 4) is 5.75 Å². The van der Waals surface area contributed by atoms with Gasteiger partial charge in [0.15, 0.2) is 0 Å². The lowest BCUT2D eigenvalue weighted by atomic mass is 9.89. The summed E-state index contributed by atoms with van der Waals surface area (Å²) in [5.74, 6) is 1.60. The summed E-state index contributed by atoms with van der Waals surface area (Å²) >= 11 is 0. The minimum absolute atomic E-state index is 0.664. The molecule has 0 bridgehead atoms. The molecule has 4 rings (SSSR count). The van der Waals surface area contributed by atoms with E-state index in [-0.39, 0.29) is 0 Å². The molecule has 28 heavy (non-hydrogen) atoms. The monoisotopic (exact) mass is 379 g/mol. The van der Waals surface area contributed by atoms with Crippen molar-refractivity contribution in [2.75, 3.05) is 40.0 Å². The van der Waals surface area contributed by atoms with E-state index in [1.807, 2.05) is 18.5 Å². The minimum atomic E-state index is 0.664. The van der Waals surface area contributed by atoms with Gasteiger partial charge in [0.1, 0.15) is 5.75 Å². The number of likely N-dealkylation sites (tertiary alicyclic amines) is 1. The van der Waals surface area contributed by atoms with Crippen LogP contribution in [0.1, 0.15) is 24.3 Å². The van der Waals surface area contributed by atoms with Gasteiger partial charge in [0.25, 0.3) is 0 Å². The molecule has 0 aliphatic carbocycles. The average Bonchev–Trinajstić information content (AvgIpc) is 3.17. The van der Waals surface area contributed by atoms with Gasteiger partial charge in [-0.25, -0.2) is 4.98 Å². The maximum absolute atomic E-state index is 5.89. The standard InChI is InChI=1S/C23H29N3O2/c1-27-21-8-6-19(7-9-21)20-10-12-25(13-11-20)14-16-28-17-15-26-18-24-22-4-2-3-5-23(22)26/h2-9,18,20H,10-17H2,1H3. The van der Waals surface area contributed by atoms with Crippen LogP contribution < -0.4 is 4.74 Å². The van der Waals surface area contributed by atoms with Gasteiger partial charge in [-0.3, -0.25) is 0 Å². The molecular weight excluding hydrogens is 350 g/mol. The van der Waals surface area contributed by atoms with E-state index in [0.717, 1.165) is 50.7 Å². The van der Waals surface area contributed by atoms with Crippen LogP contribution in [0.2, 0.25) is 0 Å². The summed E-state index contributed by atoms with van der Waals surface area (Å²) in [7, 11) is 1.72. The highest BCUT2D eigenvalue weighted by molar-refractivity contribution is 5.74. The van der Waals surface area contributed by atoms with Crippen LogP contribution in [0.5, 0.6) is 5.75 Å². The number of ether oxygens (including phenoxy) is 2. The van der Waals surface area contributed by atoms with Crippen LogP contribution in [-0.4, -0.2) is 54.4 Å². The molecule has 2 aromatic carbocycles. The van der Waals surface area contributed by atoms with E-state index in [9.17, 15) is 0 Å². The van der Waals surface area contributed by atoms with Gasteiger partial charge in [-0.1, -0.05) is 24.3 Å². The molecule has 1 saturated heterocycles. The number of piperidine rings is 1. The molecule has 2 heterocycles. The first-order valence-corrected chi connectivity index (χ1v) is 10.2. The number of para-hydroxylation sites is 2. The predicted molar refractivity (Wildman–Crippen MR) is 112 cm³/mol. The fraction of sp³-hybridized carbons (Fsp3) is 0.435. The molecule has 1 fully saturated rings. The number of fused-ring (bicyclic) bond motifs is 1. The van der Waals surface area contributed by atoms with Gasteiger partial charge in [0.2, 0.25) is 0 Å². The molecule has 1 aromatic heterocycles. The maximum Gasteiger partial charge on any atom is 0.118 e. The van der Waals surface area contributed by atoms with Crippen LogP contribution in [0, 0.1) is 0 Å². The second-order valence-corrected chi connectivity index (χ2v) is 7.43. The zero-order chi connectivity index (χ0) is 19.2. The zero-order valence-electron chi connectivity index (χ0n) is 16.6. The van der Waals surface area contributed by atoms with Gasteiger partial charge < -0.3 is 18.9 Å². The van der Waals surface area contributed by atoms with E-state index in [4.69, 9.17) is 9.47 Å². The fourth-order valence-corrected chi connectivity index (χ4v) is 4.01. The van der Waals surface area contributed by atoms with E-state index in [1.54, 1.807) is 7.11 Å². The molecule has 148 valence electrons. The van der Waals surface area contributed by atoms with E-state index >= 15 is 0 Å². The van der Waals surface area contributed by atoms with Gasteiger partial charge in [0, 0.05) is 13.1 Å². The lowest BCUT2D eigenvalue weighted by molar-refractivity contribution is 0.0893. The summed E-state index contributed by atoms with van der Waals surface area (Å²) in [6.45, 7) is 5.67. The molecule has 3 aromatic rings. The summed E-state index contributed by atoms with van der Waals surface area (Å²) in [4.78, 5) is 6.95. The van der Waals surface area contributed by atoms with Gasteiger partial charge in [0.05, 0.1) is 37.7 Å². The highest BCUT2D eigenvalue weighted by atomic mass is 16.5. The van der Waals surface area contributed by atoms with Crippen molar-refractivity contribution in [3.63, 3.8) is 0 Å². The Bertz CT molecular complexity index is 867. The average molecular weight is 380 g/mol. The first-order chi connectivity index (χ1) is 13.8. The summed E-state index contributed by atoms with van der Waals surface area (Å²) in [6.07, 6.45) is 4.33. The SMILES string of the molecule is COc1ccc(C2CCN(CCOCCn3cnc4ccccc43)CC2)cc1. The number of nitrogens with zero attached hydrogens (tertiary/aromatic N) is 3. The van der Waals surface area contributed by atoms with E-state index in [2.05, 4.69) is 50.8 Å². The van der Waals surface area contributed by atoms with Crippen molar-refractivity contribution in [2.24, 2.45) is 0 Å². The van der Waals surface area contributed by atoms with Crippen LogP contribution >= 0.6 is 0 Å². The topological polar surface area (TPSA) is 39.5 Å². The summed E-state index contributed by atoms with van der Waals surface area (Å²) < 4.78 is 13.3. The van der Waals surface area contributed by atoms with Crippen LogP contribution in [0.15, 0.2) is 54.9 Å². The van der Waals surface area contributed by atoms with Crippen LogP contribution in [0.4, 0.5) is 0 Å². The Balaban J connectivity index is 1.15. The normalized spacial score (nSPS) is 15.9. The Morgan fingerprint density at radius 3 is 2.50 bits per heavy atom.